The van der Waals surface area contributed by atoms with Crippen LogP contribution >= 0.6 is 0 Å². The fourth-order valence-electron chi connectivity index (χ4n) is 4.86. The lowest BCUT2D eigenvalue weighted by molar-refractivity contribution is -0.539. The van der Waals surface area contributed by atoms with Crippen molar-refractivity contribution in [1.29, 1.82) is 0 Å². The summed E-state index contributed by atoms with van der Waals surface area (Å²) < 4.78 is 0. The molecule has 2 aromatic carbocycles. The van der Waals surface area contributed by atoms with E-state index in [1.54, 1.807) is 60.7 Å². The van der Waals surface area contributed by atoms with Gasteiger partial charge in [-0.2, -0.15) is 0 Å². The maximum absolute atomic E-state index is 12.6. The van der Waals surface area contributed by atoms with Crippen LogP contribution < -0.4 is 0 Å². The van der Waals surface area contributed by atoms with Crippen LogP contribution in [0.2, 0.25) is 0 Å². The summed E-state index contributed by atoms with van der Waals surface area (Å²) in [5, 5.41) is 23.6. The van der Waals surface area contributed by atoms with Crippen LogP contribution in [0.25, 0.3) is 0 Å². The van der Waals surface area contributed by atoms with E-state index in [9.17, 15) is 24.8 Å². The molecule has 0 spiro atoms. The Morgan fingerprint density at radius 2 is 1.50 bits per heavy atom. The van der Waals surface area contributed by atoms with Gasteiger partial charge in [-0.25, -0.2) is 0 Å². The van der Waals surface area contributed by atoms with E-state index in [1.165, 1.54) is 13.8 Å². The molecule has 0 radical (unpaired) electrons. The number of aldehydes is 1. The Hall–Kier alpha value is -2.86. The molecule has 2 aromatic rings. The molecule has 6 heteroatoms. The van der Waals surface area contributed by atoms with Gasteiger partial charge in [0.05, 0.1) is 29.3 Å². The lowest BCUT2D eigenvalue weighted by Gasteiger charge is -2.49. The second-order valence-electron chi connectivity index (χ2n) is 7.62. The first-order chi connectivity index (χ1) is 13.3. The number of ketones is 1. The van der Waals surface area contributed by atoms with E-state index in [-0.39, 0.29) is 5.78 Å². The Morgan fingerprint density at radius 1 is 1.04 bits per heavy atom. The molecule has 0 saturated heterocycles. The summed E-state index contributed by atoms with van der Waals surface area (Å²) in [5.41, 5.74) is -0.513. The number of Topliss-reactive ketones (excluding diaryl/α,β-unsaturated/α-hetero) is 1. The van der Waals surface area contributed by atoms with E-state index in [0.29, 0.717) is 17.4 Å². The summed E-state index contributed by atoms with van der Waals surface area (Å²) in [4.78, 5) is 36.5. The average molecular weight is 381 g/mol. The highest BCUT2D eigenvalue weighted by molar-refractivity contribution is 5.82. The topological polar surface area (TPSA) is 97.5 Å². The minimum absolute atomic E-state index is 0.371. The molecule has 6 atom stereocenters. The third-order valence-corrected chi connectivity index (χ3v) is 5.98. The number of hydrogen-bond acceptors (Lipinski definition) is 5. The van der Waals surface area contributed by atoms with Crippen LogP contribution in [0.4, 0.5) is 0 Å². The molecule has 1 aliphatic carbocycles. The Balaban J connectivity index is 2.29. The minimum atomic E-state index is -1.72. The van der Waals surface area contributed by atoms with E-state index in [1.807, 2.05) is 0 Å². The molecule has 0 bridgehead atoms. The molecule has 146 valence electrons. The summed E-state index contributed by atoms with van der Waals surface area (Å²) in [6.45, 7) is 2.76. The van der Waals surface area contributed by atoms with Crippen molar-refractivity contribution in [3.05, 3.63) is 81.9 Å². The third-order valence-electron chi connectivity index (χ3n) is 5.98. The minimum Gasteiger partial charge on any atom is -0.389 e. The lowest BCUT2D eigenvalue weighted by Crippen LogP contribution is -2.61. The van der Waals surface area contributed by atoms with Gasteiger partial charge in [0.15, 0.2) is 0 Å². The first-order valence-electron chi connectivity index (χ1n) is 9.22. The summed E-state index contributed by atoms with van der Waals surface area (Å²) in [7, 11) is 0. The standard InChI is InChI=1S/C22H23NO5/c1-14(25)20-19(16-11-7-4-8-12-16)21(23(27)28)18(15-9-5-3-6-10-15)17(13-24)22(20,2)26/h3-13,17-21,26H,1-2H3/t17-,18-,19+,20+,21-,22-/m0/s1. The van der Waals surface area contributed by atoms with Crippen LogP contribution in [0.1, 0.15) is 36.8 Å². The summed E-state index contributed by atoms with van der Waals surface area (Å²) in [5.74, 6) is -4.24. The first-order valence-corrected chi connectivity index (χ1v) is 9.22. The van der Waals surface area contributed by atoms with E-state index in [0.717, 1.165) is 0 Å². The van der Waals surface area contributed by atoms with E-state index in [2.05, 4.69) is 0 Å². The van der Waals surface area contributed by atoms with Gasteiger partial charge < -0.3 is 9.90 Å². The van der Waals surface area contributed by atoms with Gasteiger partial charge in [0.2, 0.25) is 6.04 Å². The molecule has 0 aromatic heterocycles. The highest BCUT2D eigenvalue weighted by atomic mass is 16.6. The zero-order valence-electron chi connectivity index (χ0n) is 15.8. The molecule has 28 heavy (non-hydrogen) atoms. The molecule has 1 saturated carbocycles. The highest BCUT2D eigenvalue weighted by Crippen LogP contribution is 2.53. The molecule has 6 nitrogen and oxygen atoms in total. The average Bonchev–Trinajstić information content (AvgIpc) is 2.67. The summed E-state index contributed by atoms with van der Waals surface area (Å²) in [6.07, 6.45) is 0.561. The predicted octanol–water partition coefficient (Wildman–Crippen LogP) is 2.98. The Bertz CT molecular complexity index is 865. The van der Waals surface area contributed by atoms with Gasteiger partial charge in [0.1, 0.15) is 12.1 Å². The maximum atomic E-state index is 12.6. The van der Waals surface area contributed by atoms with Gasteiger partial charge >= 0.3 is 0 Å². The van der Waals surface area contributed by atoms with Gasteiger partial charge in [0, 0.05) is 4.92 Å². The van der Waals surface area contributed by atoms with E-state index < -0.39 is 40.2 Å². The van der Waals surface area contributed by atoms with Crippen LogP contribution in [0.5, 0.6) is 0 Å². The molecular weight excluding hydrogens is 358 g/mol. The fourth-order valence-corrected chi connectivity index (χ4v) is 4.86. The first kappa shape index (κ1) is 19.9. The molecule has 0 unspecified atom stereocenters. The normalized spacial score (nSPS) is 32.5. The van der Waals surface area contributed by atoms with E-state index >= 15 is 0 Å². The monoisotopic (exact) mass is 381 g/mol. The second-order valence-corrected chi connectivity index (χ2v) is 7.62. The quantitative estimate of drug-likeness (QED) is 0.488. The zero-order valence-corrected chi connectivity index (χ0v) is 15.8. The number of hydrogen-bond donors (Lipinski definition) is 1. The number of nitrogens with zero attached hydrogens (tertiary/aromatic N) is 1. The molecule has 3 rings (SSSR count). The molecule has 0 heterocycles. The van der Waals surface area contributed by atoms with Crippen molar-refractivity contribution in [2.45, 2.75) is 37.3 Å². The van der Waals surface area contributed by atoms with Crippen molar-refractivity contribution in [3.8, 4) is 0 Å². The zero-order chi connectivity index (χ0) is 20.5. The number of nitro groups is 1. The van der Waals surface area contributed by atoms with Crippen molar-refractivity contribution in [3.63, 3.8) is 0 Å². The Kier molecular flexibility index (Phi) is 5.42. The van der Waals surface area contributed by atoms with Crippen molar-refractivity contribution in [1.82, 2.24) is 0 Å². The van der Waals surface area contributed by atoms with Crippen molar-refractivity contribution in [2.24, 2.45) is 11.8 Å². The largest absolute Gasteiger partial charge is 0.389 e. The van der Waals surface area contributed by atoms with Crippen LogP contribution in [0.15, 0.2) is 60.7 Å². The van der Waals surface area contributed by atoms with Crippen LogP contribution in [0, 0.1) is 22.0 Å². The molecule has 1 aliphatic rings. The summed E-state index contributed by atoms with van der Waals surface area (Å²) >= 11 is 0. The second kappa shape index (κ2) is 7.64. The van der Waals surface area contributed by atoms with Crippen LogP contribution in [-0.4, -0.2) is 33.7 Å². The third kappa shape index (κ3) is 3.24. The van der Waals surface area contributed by atoms with Gasteiger partial charge in [-0.1, -0.05) is 60.7 Å². The van der Waals surface area contributed by atoms with Crippen molar-refractivity contribution in [2.75, 3.05) is 0 Å². The SMILES string of the molecule is CC(=O)[C@@H]1[C@@H](c2ccccc2)[C@@H]([N+](=O)[O-])[C@@H](c2ccccc2)[C@H](C=O)[C@]1(C)O. The molecule has 0 aliphatic heterocycles. The summed E-state index contributed by atoms with van der Waals surface area (Å²) in [6, 6.07) is 16.3. The highest BCUT2D eigenvalue weighted by Gasteiger charge is 2.63. The van der Waals surface area contributed by atoms with Crippen LogP contribution in [-0.2, 0) is 9.59 Å². The number of rotatable bonds is 5. The van der Waals surface area contributed by atoms with Gasteiger partial charge in [-0.3, -0.25) is 14.9 Å². The smallest absolute Gasteiger partial charge is 0.228 e. The number of aliphatic hydroxyl groups is 1. The molecule has 1 N–H and O–H groups in total. The van der Waals surface area contributed by atoms with Gasteiger partial charge in [-0.05, 0) is 25.0 Å². The van der Waals surface area contributed by atoms with Crippen molar-refractivity contribution < 1.29 is 19.6 Å². The number of carbonyl (C=O) groups is 2. The molecule has 1 fully saturated rings. The fraction of sp³-hybridized carbons (Fsp3) is 0.364. The van der Waals surface area contributed by atoms with Gasteiger partial charge in [-0.15, -0.1) is 0 Å². The van der Waals surface area contributed by atoms with E-state index in [4.69, 9.17) is 0 Å². The number of carbonyl (C=O) groups excluding carboxylic acids is 2. The Morgan fingerprint density at radius 3 is 1.89 bits per heavy atom. The number of benzene rings is 2. The van der Waals surface area contributed by atoms with Crippen molar-refractivity contribution >= 4 is 12.1 Å². The Labute approximate surface area is 163 Å². The van der Waals surface area contributed by atoms with Crippen LogP contribution in [0.3, 0.4) is 0 Å². The lowest BCUT2D eigenvalue weighted by atomic mass is 9.54. The molecule has 0 amide bonds. The van der Waals surface area contributed by atoms with Gasteiger partial charge in [0.25, 0.3) is 0 Å². The molecular formula is C22H23NO5. The maximum Gasteiger partial charge on any atom is 0.228 e. The predicted molar refractivity (Wildman–Crippen MR) is 103 cm³/mol.